The van der Waals surface area contributed by atoms with E-state index < -0.39 is 17.8 Å². The third kappa shape index (κ3) is 5.27. The van der Waals surface area contributed by atoms with Crippen molar-refractivity contribution in [1.29, 1.82) is 5.41 Å². The zero-order chi connectivity index (χ0) is 17.7. The number of methoxy groups -OCH3 is 1. The molecule has 1 atom stereocenters. The van der Waals surface area contributed by atoms with E-state index in [2.05, 4.69) is 5.32 Å². The van der Waals surface area contributed by atoms with Crippen molar-refractivity contribution < 1.29 is 13.9 Å². The molecule has 2 aromatic rings. The lowest BCUT2D eigenvalue weighted by Crippen LogP contribution is -2.30. The van der Waals surface area contributed by atoms with E-state index in [9.17, 15) is 9.18 Å². The Bertz CT molecular complexity index is 750. The van der Waals surface area contributed by atoms with Crippen molar-refractivity contribution in [1.82, 2.24) is 5.32 Å². The van der Waals surface area contributed by atoms with Gasteiger partial charge in [-0.15, -0.1) is 12.4 Å². The zero-order valence-electron chi connectivity index (χ0n) is 14.0. The van der Waals surface area contributed by atoms with Gasteiger partial charge in [0.05, 0.1) is 0 Å². The number of amides is 1. The molecule has 0 aromatic heterocycles. The molecular weight excluding hydrogens is 345 g/mol. The number of hydrogen-bond donors (Lipinski definition) is 3. The molecule has 134 valence electrons. The fraction of sp³-hybridized carbons (Fsp3) is 0.222. The highest BCUT2D eigenvalue weighted by Crippen LogP contribution is 2.22. The van der Waals surface area contributed by atoms with Crippen LogP contribution in [0.2, 0.25) is 0 Å². The number of halogens is 2. The molecule has 0 heterocycles. The van der Waals surface area contributed by atoms with E-state index in [0.717, 1.165) is 11.1 Å². The summed E-state index contributed by atoms with van der Waals surface area (Å²) in [6.45, 7) is 2.09. The van der Waals surface area contributed by atoms with Gasteiger partial charge < -0.3 is 15.8 Å². The van der Waals surface area contributed by atoms with E-state index in [1.165, 1.54) is 13.2 Å². The molecule has 0 saturated heterocycles. The van der Waals surface area contributed by atoms with Crippen LogP contribution in [0.25, 0.3) is 0 Å². The first kappa shape index (κ1) is 20.6. The van der Waals surface area contributed by atoms with E-state index in [1.807, 2.05) is 6.92 Å². The lowest BCUT2D eigenvalue weighted by molar-refractivity contribution is -0.131. The predicted molar refractivity (Wildman–Crippen MR) is 97.4 cm³/mol. The average molecular weight is 366 g/mol. The highest BCUT2D eigenvalue weighted by Gasteiger charge is 2.23. The summed E-state index contributed by atoms with van der Waals surface area (Å²) in [5, 5.41) is 10.1. The highest BCUT2D eigenvalue weighted by atomic mass is 35.5. The van der Waals surface area contributed by atoms with Crippen LogP contribution < -0.4 is 11.1 Å². The molecule has 0 radical (unpaired) electrons. The van der Waals surface area contributed by atoms with Gasteiger partial charge in [-0.1, -0.05) is 42.0 Å². The first-order valence-electron chi connectivity index (χ1n) is 7.42. The third-order valence-electron chi connectivity index (χ3n) is 3.64. The van der Waals surface area contributed by atoms with Crippen molar-refractivity contribution in [2.75, 3.05) is 7.11 Å². The number of ether oxygens (including phenoxy) is 1. The van der Waals surface area contributed by atoms with Gasteiger partial charge in [0.1, 0.15) is 11.7 Å². The van der Waals surface area contributed by atoms with Gasteiger partial charge in [-0.3, -0.25) is 10.2 Å². The number of benzene rings is 2. The van der Waals surface area contributed by atoms with Crippen LogP contribution in [0.15, 0.2) is 42.5 Å². The molecule has 2 rings (SSSR count). The standard InChI is InChI=1S/C18H20FN3O2.ClH/c1-11-3-8-15(19)14(9-11)16(24-2)18(23)22-10-12-4-6-13(7-5-12)17(20)21;/h3-9,16H,10H2,1-2H3,(H3,20,21)(H,22,23);1H. The number of aryl methyl sites for hydroxylation is 1. The zero-order valence-corrected chi connectivity index (χ0v) is 14.8. The maximum Gasteiger partial charge on any atom is 0.254 e. The molecule has 25 heavy (non-hydrogen) atoms. The third-order valence-corrected chi connectivity index (χ3v) is 3.64. The minimum absolute atomic E-state index is 0. The number of carbonyl (C=O) groups excluding carboxylic acids is 1. The summed E-state index contributed by atoms with van der Waals surface area (Å²) in [5.74, 6) is -0.911. The van der Waals surface area contributed by atoms with Crippen LogP contribution in [0.5, 0.6) is 0 Å². The van der Waals surface area contributed by atoms with Crippen LogP contribution >= 0.6 is 12.4 Å². The van der Waals surface area contributed by atoms with Gasteiger partial charge in [0.2, 0.25) is 0 Å². The van der Waals surface area contributed by atoms with Crippen LogP contribution in [-0.4, -0.2) is 18.9 Å². The lowest BCUT2D eigenvalue weighted by atomic mass is 10.0. The second-order valence-corrected chi connectivity index (χ2v) is 5.47. The number of hydrogen-bond acceptors (Lipinski definition) is 3. The Kier molecular flexibility index (Phi) is 7.54. The molecule has 0 aliphatic rings. The number of carbonyl (C=O) groups is 1. The van der Waals surface area contributed by atoms with Gasteiger partial charge >= 0.3 is 0 Å². The fourth-order valence-electron chi connectivity index (χ4n) is 2.32. The summed E-state index contributed by atoms with van der Waals surface area (Å²) in [7, 11) is 1.37. The average Bonchev–Trinajstić information content (AvgIpc) is 2.57. The summed E-state index contributed by atoms with van der Waals surface area (Å²) in [6.07, 6.45) is -1.01. The number of rotatable bonds is 6. The number of amidine groups is 1. The number of nitrogens with two attached hydrogens (primary N) is 1. The molecule has 2 aromatic carbocycles. The molecule has 0 aliphatic carbocycles. The van der Waals surface area contributed by atoms with E-state index in [-0.39, 0.29) is 30.4 Å². The minimum atomic E-state index is -1.01. The van der Waals surface area contributed by atoms with Crippen molar-refractivity contribution >= 4 is 24.1 Å². The Hall–Kier alpha value is -2.44. The van der Waals surface area contributed by atoms with Crippen LogP contribution in [-0.2, 0) is 16.1 Å². The summed E-state index contributed by atoms with van der Waals surface area (Å²) in [5.41, 5.74) is 7.91. The summed E-state index contributed by atoms with van der Waals surface area (Å²) >= 11 is 0. The molecule has 1 amide bonds. The Morgan fingerprint density at radius 3 is 2.48 bits per heavy atom. The quantitative estimate of drug-likeness (QED) is 0.543. The van der Waals surface area contributed by atoms with Crippen molar-refractivity contribution in [2.45, 2.75) is 19.6 Å². The van der Waals surface area contributed by atoms with Gasteiger partial charge in [0, 0.05) is 24.8 Å². The minimum Gasteiger partial charge on any atom is -0.384 e. The molecular formula is C18H21ClFN3O2. The number of nitrogen functional groups attached to an aromatic ring is 1. The van der Waals surface area contributed by atoms with Gasteiger partial charge in [0.25, 0.3) is 5.91 Å². The van der Waals surface area contributed by atoms with Gasteiger partial charge in [-0.05, 0) is 18.6 Å². The summed E-state index contributed by atoms with van der Waals surface area (Å²) in [4.78, 5) is 12.3. The summed E-state index contributed by atoms with van der Waals surface area (Å²) in [6, 6.07) is 11.5. The van der Waals surface area contributed by atoms with Crippen LogP contribution in [0.4, 0.5) is 4.39 Å². The van der Waals surface area contributed by atoms with Crippen molar-refractivity contribution in [3.63, 3.8) is 0 Å². The van der Waals surface area contributed by atoms with Gasteiger partial charge in [-0.25, -0.2) is 4.39 Å². The summed E-state index contributed by atoms with van der Waals surface area (Å²) < 4.78 is 19.1. The van der Waals surface area contributed by atoms with E-state index in [4.69, 9.17) is 15.9 Å². The molecule has 0 aliphatic heterocycles. The first-order chi connectivity index (χ1) is 11.4. The highest BCUT2D eigenvalue weighted by molar-refractivity contribution is 5.94. The molecule has 4 N–H and O–H groups in total. The van der Waals surface area contributed by atoms with E-state index in [1.54, 1.807) is 36.4 Å². The van der Waals surface area contributed by atoms with Crippen LogP contribution in [0.1, 0.15) is 28.4 Å². The molecule has 5 nitrogen and oxygen atoms in total. The second kappa shape index (κ2) is 9.15. The molecule has 0 fully saturated rings. The molecule has 0 spiro atoms. The smallest absolute Gasteiger partial charge is 0.254 e. The fourth-order valence-corrected chi connectivity index (χ4v) is 2.32. The van der Waals surface area contributed by atoms with Crippen LogP contribution in [0, 0.1) is 18.2 Å². The second-order valence-electron chi connectivity index (χ2n) is 5.47. The Labute approximate surface area is 152 Å². The SMILES string of the molecule is COC(C(=O)NCc1ccc(C(=N)N)cc1)c1cc(C)ccc1F.Cl. The van der Waals surface area contributed by atoms with E-state index in [0.29, 0.717) is 5.56 Å². The molecule has 0 saturated carbocycles. The van der Waals surface area contributed by atoms with Gasteiger partial charge in [-0.2, -0.15) is 0 Å². The monoisotopic (exact) mass is 365 g/mol. The predicted octanol–water partition coefficient (Wildman–Crippen LogP) is 2.84. The number of nitrogens with one attached hydrogen (secondary N) is 2. The van der Waals surface area contributed by atoms with E-state index >= 15 is 0 Å². The van der Waals surface area contributed by atoms with Crippen LogP contribution in [0.3, 0.4) is 0 Å². The first-order valence-corrected chi connectivity index (χ1v) is 7.42. The Balaban J connectivity index is 0.00000312. The molecule has 1 unspecified atom stereocenters. The van der Waals surface area contributed by atoms with Crippen molar-refractivity contribution in [3.05, 3.63) is 70.5 Å². The van der Waals surface area contributed by atoms with Crippen molar-refractivity contribution in [3.8, 4) is 0 Å². The Morgan fingerprint density at radius 1 is 1.28 bits per heavy atom. The normalized spacial score (nSPS) is 11.3. The molecule has 7 heteroatoms. The topological polar surface area (TPSA) is 88.2 Å². The van der Waals surface area contributed by atoms with Gasteiger partial charge in [0.15, 0.2) is 6.10 Å². The van der Waals surface area contributed by atoms with Crippen molar-refractivity contribution in [2.24, 2.45) is 5.73 Å². The maximum absolute atomic E-state index is 14.0. The largest absolute Gasteiger partial charge is 0.384 e. The molecule has 0 bridgehead atoms. The lowest BCUT2D eigenvalue weighted by Gasteiger charge is -2.17. The maximum atomic E-state index is 14.0. The Morgan fingerprint density at radius 2 is 1.92 bits per heavy atom.